The van der Waals surface area contributed by atoms with E-state index in [4.69, 9.17) is 0 Å². The number of halogens is 4. The predicted molar refractivity (Wildman–Crippen MR) is 87.9 cm³/mol. The molecule has 0 saturated heterocycles. The van der Waals surface area contributed by atoms with Gasteiger partial charge in [-0.05, 0) is 18.2 Å². The fraction of sp³-hybridized carbons (Fsp3) is 0.231. The molecule has 0 bridgehead atoms. The molecule has 26 heavy (non-hydrogen) atoms. The minimum Gasteiger partial charge on any atom is -0.330 e. The van der Waals surface area contributed by atoms with E-state index >= 15 is 0 Å². The minimum atomic E-state index is -4.56. The van der Waals surface area contributed by atoms with Crippen LogP contribution < -0.4 is 16.0 Å². The number of hydrogen-bond donors (Lipinski definition) is 3. The Morgan fingerprint density at radius 1 is 1.23 bits per heavy atom. The SMILES string of the molecule is O=C(CSc1nnc(Nc2cccc(F)c2)s1)NC(=O)NCC(F)(F)F. The molecule has 0 radical (unpaired) electrons. The lowest BCUT2D eigenvalue weighted by atomic mass is 10.3. The second kappa shape index (κ2) is 8.80. The normalized spacial score (nSPS) is 11.1. The number of amides is 3. The van der Waals surface area contributed by atoms with Crippen LogP contribution in [0.2, 0.25) is 0 Å². The lowest BCUT2D eigenvalue weighted by molar-refractivity contribution is -0.124. The summed E-state index contributed by atoms with van der Waals surface area (Å²) < 4.78 is 49.3. The Bertz CT molecular complexity index is 784. The van der Waals surface area contributed by atoms with Crippen molar-refractivity contribution in [1.82, 2.24) is 20.8 Å². The molecule has 0 fully saturated rings. The van der Waals surface area contributed by atoms with Crippen LogP contribution in [0.15, 0.2) is 28.6 Å². The summed E-state index contributed by atoms with van der Waals surface area (Å²) in [6.07, 6.45) is -4.56. The van der Waals surface area contributed by atoms with Crippen LogP contribution >= 0.6 is 23.1 Å². The van der Waals surface area contributed by atoms with Gasteiger partial charge in [-0.15, -0.1) is 10.2 Å². The van der Waals surface area contributed by atoms with Crippen molar-refractivity contribution in [3.8, 4) is 0 Å². The minimum absolute atomic E-state index is 0.242. The number of benzene rings is 1. The molecule has 3 N–H and O–H groups in total. The molecule has 140 valence electrons. The van der Waals surface area contributed by atoms with Crippen LogP contribution in [-0.2, 0) is 4.79 Å². The quantitative estimate of drug-likeness (QED) is 0.502. The molecule has 0 aliphatic carbocycles. The van der Waals surface area contributed by atoms with Crippen LogP contribution in [0.4, 0.5) is 33.2 Å². The highest BCUT2D eigenvalue weighted by molar-refractivity contribution is 8.01. The first-order valence-electron chi connectivity index (χ1n) is 6.84. The van der Waals surface area contributed by atoms with Gasteiger partial charge in [0.25, 0.3) is 0 Å². The van der Waals surface area contributed by atoms with E-state index in [9.17, 15) is 27.2 Å². The van der Waals surface area contributed by atoms with Crippen LogP contribution in [0, 0.1) is 5.82 Å². The summed E-state index contributed by atoms with van der Waals surface area (Å²) in [4.78, 5) is 22.6. The maximum absolute atomic E-state index is 13.1. The van der Waals surface area contributed by atoms with Gasteiger partial charge in [-0.1, -0.05) is 29.2 Å². The van der Waals surface area contributed by atoms with Gasteiger partial charge in [0.05, 0.1) is 5.75 Å². The van der Waals surface area contributed by atoms with Crippen molar-refractivity contribution in [2.75, 3.05) is 17.6 Å². The van der Waals surface area contributed by atoms with Crippen molar-refractivity contribution >= 4 is 45.9 Å². The Morgan fingerprint density at radius 3 is 2.69 bits per heavy atom. The number of rotatable bonds is 6. The predicted octanol–water partition coefficient (Wildman–Crippen LogP) is 2.90. The Balaban J connectivity index is 1.76. The third kappa shape index (κ3) is 7.23. The lowest BCUT2D eigenvalue weighted by Crippen LogP contribution is -2.43. The maximum atomic E-state index is 13.1. The van der Waals surface area contributed by atoms with Crippen LogP contribution in [0.5, 0.6) is 0 Å². The number of nitrogens with zero attached hydrogens (tertiary/aromatic N) is 2. The topological polar surface area (TPSA) is 96.0 Å². The largest absolute Gasteiger partial charge is 0.405 e. The monoisotopic (exact) mass is 409 g/mol. The average molecular weight is 409 g/mol. The Hall–Kier alpha value is -2.41. The van der Waals surface area contributed by atoms with Gasteiger partial charge in [0, 0.05) is 5.69 Å². The molecular weight excluding hydrogens is 398 g/mol. The molecule has 0 unspecified atom stereocenters. The van der Waals surface area contributed by atoms with E-state index in [0.717, 1.165) is 23.1 Å². The molecule has 0 aliphatic heterocycles. The molecule has 0 saturated carbocycles. The maximum Gasteiger partial charge on any atom is 0.405 e. The molecule has 1 aromatic heterocycles. The van der Waals surface area contributed by atoms with E-state index in [2.05, 4.69) is 15.5 Å². The van der Waals surface area contributed by atoms with E-state index in [1.807, 2.05) is 0 Å². The van der Waals surface area contributed by atoms with Gasteiger partial charge >= 0.3 is 12.2 Å². The number of aromatic nitrogens is 2. The highest BCUT2D eigenvalue weighted by Gasteiger charge is 2.27. The molecule has 0 atom stereocenters. The Labute approximate surface area is 152 Å². The number of urea groups is 1. The van der Waals surface area contributed by atoms with Gasteiger partial charge in [0.15, 0.2) is 4.34 Å². The van der Waals surface area contributed by atoms with Gasteiger partial charge in [0.1, 0.15) is 12.4 Å². The number of nitrogens with one attached hydrogen (secondary N) is 3. The summed E-state index contributed by atoms with van der Waals surface area (Å²) in [5, 5.41) is 14.1. The number of anilines is 2. The summed E-state index contributed by atoms with van der Waals surface area (Å²) in [6, 6.07) is 4.46. The summed E-state index contributed by atoms with van der Waals surface area (Å²) in [5.41, 5.74) is 0.469. The highest BCUT2D eigenvalue weighted by atomic mass is 32.2. The third-order valence-electron chi connectivity index (χ3n) is 2.51. The number of alkyl halides is 3. The van der Waals surface area contributed by atoms with Crippen LogP contribution in [0.3, 0.4) is 0 Å². The summed E-state index contributed by atoms with van der Waals surface area (Å²) >= 11 is 2.03. The zero-order valence-electron chi connectivity index (χ0n) is 12.8. The van der Waals surface area contributed by atoms with Crippen molar-refractivity contribution < 1.29 is 27.2 Å². The number of thioether (sulfide) groups is 1. The molecule has 3 amide bonds. The molecule has 1 heterocycles. The third-order valence-corrected chi connectivity index (χ3v) is 4.48. The van der Waals surface area contributed by atoms with Gasteiger partial charge in [-0.2, -0.15) is 13.2 Å². The average Bonchev–Trinajstić information content (AvgIpc) is 2.98. The summed E-state index contributed by atoms with van der Waals surface area (Å²) in [7, 11) is 0. The lowest BCUT2D eigenvalue weighted by Gasteiger charge is -2.08. The zero-order chi connectivity index (χ0) is 19.2. The number of carbonyl (C=O) groups excluding carboxylic acids is 2. The molecular formula is C13H11F4N5O2S2. The highest BCUT2D eigenvalue weighted by Crippen LogP contribution is 2.27. The van der Waals surface area contributed by atoms with Crippen molar-refractivity contribution in [3.63, 3.8) is 0 Å². The Kier molecular flexibility index (Phi) is 6.74. The van der Waals surface area contributed by atoms with E-state index in [-0.39, 0.29) is 5.75 Å². The van der Waals surface area contributed by atoms with Gasteiger partial charge in [-0.3, -0.25) is 10.1 Å². The van der Waals surface area contributed by atoms with Gasteiger partial charge in [-0.25, -0.2) is 9.18 Å². The molecule has 7 nitrogen and oxygen atoms in total. The fourth-order valence-corrected chi connectivity index (χ4v) is 3.10. The smallest absolute Gasteiger partial charge is 0.330 e. The second-order valence-corrected chi connectivity index (χ2v) is 6.84. The summed E-state index contributed by atoms with van der Waals surface area (Å²) in [5.74, 6) is -1.45. The van der Waals surface area contributed by atoms with E-state index < -0.39 is 30.5 Å². The molecule has 2 rings (SSSR count). The summed E-state index contributed by atoms with van der Waals surface area (Å²) in [6.45, 7) is -1.54. The van der Waals surface area contributed by atoms with Crippen molar-refractivity contribution in [2.45, 2.75) is 10.5 Å². The molecule has 13 heteroatoms. The molecule has 0 aliphatic rings. The van der Waals surface area contributed by atoms with E-state index in [0.29, 0.717) is 15.2 Å². The van der Waals surface area contributed by atoms with Crippen molar-refractivity contribution in [3.05, 3.63) is 30.1 Å². The second-order valence-electron chi connectivity index (χ2n) is 4.64. The first-order chi connectivity index (χ1) is 12.2. The van der Waals surface area contributed by atoms with Crippen molar-refractivity contribution in [2.24, 2.45) is 0 Å². The molecule has 0 spiro atoms. The number of carbonyl (C=O) groups is 2. The van der Waals surface area contributed by atoms with E-state index in [1.54, 1.807) is 11.4 Å². The van der Waals surface area contributed by atoms with Crippen LogP contribution in [0.25, 0.3) is 0 Å². The first-order valence-corrected chi connectivity index (χ1v) is 8.65. The molecule has 2 aromatic rings. The van der Waals surface area contributed by atoms with Crippen molar-refractivity contribution in [1.29, 1.82) is 0 Å². The van der Waals surface area contributed by atoms with Gasteiger partial charge in [0.2, 0.25) is 11.0 Å². The zero-order valence-corrected chi connectivity index (χ0v) is 14.4. The fourth-order valence-electron chi connectivity index (χ4n) is 1.52. The number of hydrogen-bond acceptors (Lipinski definition) is 7. The first kappa shape index (κ1) is 19.9. The van der Waals surface area contributed by atoms with Crippen LogP contribution in [0.1, 0.15) is 0 Å². The molecule has 1 aromatic carbocycles. The Morgan fingerprint density at radius 2 is 2.00 bits per heavy atom. The standard InChI is InChI=1S/C13H11F4N5O2S2/c14-7-2-1-3-8(4-7)19-11-21-22-12(26-11)25-5-9(23)20-10(24)18-6-13(15,16)17/h1-4H,5-6H2,(H,19,21)(H2,18,20,23,24). The van der Waals surface area contributed by atoms with Gasteiger partial charge < -0.3 is 10.6 Å². The van der Waals surface area contributed by atoms with Crippen LogP contribution in [-0.4, -0.2) is 40.6 Å². The van der Waals surface area contributed by atoms with E-state index in [1.165, 1.54) is 23.5 Å². The number of imide groups is 1.